The second kappa shape index (κ2) is 14.2. The summed E-state index contributed by atoms with van der Waals surface area (Å²) in [6, 6.07) is 6.87. The predicted molar refractivity (Wildman–Crippen MR) is 157 cm³/mol. The van der Waals surface area contributed by atoms with E-state index in [0.29, 0.717) is 12.0 Å². The average Bonchev–Trinajstić information content (AvgIpc) is 2.94. The van der Waals surface area contributed by atoms with Gasteiger partial charge in [-0.15, -0.1) is 5.75 Å². The molecule has 4 rings (SSSR count). The van der Waals surface area contributed by atoms with Crippen molar-refractivity contribution in [3.05, 3.63) is 69.1 Å². The Morgan fingerprint density at radius 1 is 1.20 bits per heavy atom. The van der Waals surface area contributed by atoms with E-state index in [-0.39, 0.29) is 63.2 Å². The Kier molecular flexibility index (Phi) is 11.3. The number of aromatic hydroxyl groups is 1. The number of aliphatic hydroxyl groups excluding tert-OH is 1. The molecule has 1 aliphatic heterocycles. The van der Waals surface area contributed by atoms with Crippen molar-refractivity contribution in [1.82, 2.24) is 0 Å². The molecule has 5 N–H and O–H groups in total. The topological polar surface area (TPSA) is 203 Å². The average molecular weight is 635 g/mol. The first kappa shape index (κ1) is 35.9. The molecule has 1 saturated heterocycles. The summed E-state index contributed by atoms with van der Waals surface area (Å²) in [6.45, 7) is 8.63. The Bertz CT molecular complexity index is 1680. The first-order valence-corrected chi connectivity index (χ1v) is 13.7. The van der Waals surface area contributed by atoms with Gasteiger partial charge in [0, 0.05) is 18.2 Å². The van der Waals surface area contributed by atoms with Gasteiger partial charge in [-0.2, -0.15) is 0 Å². The number of ether oxygens (including phenoxy) is 4. The molecule has 0 spiro atoms. The molecule has 236 valence electrons. The molecule has 45 heavy (non-hydrogen) atoms. The number of hydrogen-bond donors (Lipinski definition) is 4. The van der Waals surface area contributed by atoms with Crippen molar-refractivity contribution in [2.45, 2.75) is 71.2 Å². The fourth-order valence-corrected chi connectivity index (χ4v) is 5.05. The molecule has 0 saturated carbocycles. The number of allylic oxidation sites excluding steroid dienone is 2. The second-order valence-electron chi connectivity index (χ2n) is 11.2. The van der Waals surface area contributed by atoms with Crippen molar-refractivity contribution in [3.8, 4) is 17.2 Å². The molecule has 1 aliphatic rings. The van der Waals surface area contributed by atoms with Crippen LogP contribution in [0.2, 0.25) is 0 Å². The number of amides is 2. The van der Waals surface area contributed by atoms with E-state index in [9.17, 15) is 29.7 Å². The van der Waals surface area contributed by atoms with Crippen molar-refractivity contribution in [1.29, 1.82) is 0 Å². The molecule has 4 atom stereocenters. The zero-order chi connectivity index (χ0) is 32.5. The quantitative estimate of drug-likeness (QED) is 0.148. The third kappa shape index (κ3) is 7.63. The van der Waals surface area contributed by atoms with Gasteiger partial charge in [0.15, 0.2) is 23.6 Å². The van der Waals surface area contributed by atoms with E-state index in [1.807, 2.05) is 19.9 Å². The summed E-state index contributed by atoms with van der Waals surface area (Å²) in [5.41, 5.74) is 4.31. The van der Waals surface area contributed by atoms with Crippen LogP contribution in [-0.2, 0) is 20.6 Å². The van der Waals surface area contributed by atoms with Gasteiger partial charge in [-0.3, -0.25) is 4.79 Å². The Morgan fingerprint density at radius 3 is 2.51 bits per heavy atom. The molecule has 2 aromatic carbocycles. The fourth-order valence-electron chi connectivity index (χ4n) is 5.05. The van der Waals surface area contributed by atoms with E-state index in [0.717, 1.165) is 5.57 Å². The van der Waals surface area contributed by atoms with Crippen molar-refractivity contribution < 1.29 is 77.8 Å². The molecule has 14 heteroatoms. The Balaban J connectivity index is 0.00000552. The van der Waals surface area contributed by atoms with Crippen LogP contribution in [-0.4, -0.2) is 59.5 Å². The standard InChI is InChI=1S/C31H36N2O11.Na/c1-14(2)7-8-16-13-17(9-11-19(16)34)27(37)33-21-22(35)18-10-12-20(15(3)24(18)42-28(21)38)41-29-23(36)25(43-30(32)39)26(40-6)31(4,5)44-29;/h7,9-13,23,25-26,29,34-36H,8H2,1-6H3,(H2,32,39)(H,33,37);/q;+1/p-1/t23-,25?,26+,29?;/m0./s1. The minimum atomic E-state index is -1.52. The number of anilines is 1. The van der Waals surface area contributed by atoms with E-state index in [2.05, 4.69) is 5.32 Å². The monoisotopic (exact) mass is 634 g/mol. The van der Waals surface area contributed by atoms with Gasteiger partial charge in [0.1, 0.15) is 17.4 Å². The van der Waals surface area contributed by atoms with Crippen LogP contribution in [0.5, 0.6) is 17.2 Å². The maximum absolute atomic E-state index is 13.0. The summed E-state index contributed by atoms with van der Waals surface area (Å²) in [7, 11) is 1.37. The van der Waals surface area contributed by atoms with Gasteiger partial charge in [0.05, 0.1) is 11.0 Å². The van der Waals surface area contributed by atoms with Gasteiger partial charge in [-0.25, -0.2) is 9.59 Å². The molecule has 2 unspecified atom stereocenters. The molecule has 0 radical (unpaired) electrons. The number of benzene rings is 2. The molecule has 0 aliphatic carbocycles. The van der Waals surface area contributed by atoms with Crippen molar-refractivity contribution in [2.24, 2.45) is 5.73 Å². The van der Waals surface area contributed by atoms with Gasteiger partial charge in [-0.1, -0.05) is 29.3 Å². The van der Waals surface area contributed by atoms with Gasteiger partial charge in [0.25, 0.3) is 5.91 Å². The van der Waals surface area contributed by atoms with E-state index in [4.69, 9.17) is 29.1 Å². The number of primary amides is 1. The number of fused-ring (bicyclic) bond motifs is 1. The number of hydrogen-bond acceptors (Lipinski definition) is 11. The third-order valence-electron chi connectivity index (χ3n) is 7.31. The third-order valence-corrected chi connectivity index (χ3v) is 7.31. The van der Waals surface area contributed by atoms with Crippen LogP contribution in [0.1, 0.15) is 49.2 Å². The normalized spacial score (nSPS) is 20.5. The maximum atomic E-state index is 13.0. The van der Waals surface area contributed by atoms with Crippen LogP contribution in [0, 0.1) is 6.92 Å². The number of carbonyl (C=O) groups is 2. The van der Waals surface area contributed by atoms with Crippen LogP contribution in [0.4, 0.5) is 10.5 Å². The largest absolute Gasteiger partial charge is 1.00 e. The fraction of sp³-hybridized carbons (Fsp3) is 0.387. The number of aryl methyl sites for hydroxylation is 1. The number of nitrogens with one attached hydrogen (secondary N) is 1. The number of carbonyl (C=O) groups excluding carboxylic acids is 2. The van der Waals surface area contributed by atoms with Gasteiger partial charge in [-0.05, 0) is 59.2 Å². The number of methoxy groups -OCH3 is 1. The Morgan fingerprint density at radius 2 is 1.89 bits per heavy atom. The molecule has 1 fully saturated rings. The summed E-state index contributed by atoms with van der Waals surface area (Å²) in [5, 5.41) is 36.6. The molecule has 1 aromatic heterocycles. The second-order valence-corrected chi connectivity index (χ2v) is 11.2. The predicted octanol–water partition coefficient (Wildman–Crippen LogP) is -0.000880. The van der Waals surface area contributed by atoms with Crippen molar-refractivity contribution in [3.63, 3.8) is 0 Å². The van der Waals surface area contributed by atoms with Crippen LogP contribution >= 0.6 is 0 Å². The summed E-state index contributed by atoms with van der Waals surface area (Å²) >= 11 is 0. The smallest absolute Gasteiger partial charge is 0.872 e. The summed E-state index contributed by atoms with van der Waals surface area (Å²) in [6.07, 6.45) is -3.93. The van der Waals surface area contributed by atoms with Crippen LogP contribution in [0.3, 0.4) is 0 Å². The summed E-state index contributed by atoms with van der Waals surface area (Å²) in [5.74, 6) is -1.38. The van der Waals surface area contributed by atoms with E-state index in [1.165, 1.54) is 37.4 Å². The maximum Gasteiger partial charge on any atom is 1.00 e. The first-order valence-electron chi connectivity index (χ1n) is 13.7. The molecule has 2 amide bonds. The van der Waals surface area contributed by atoms with E-state index >= 15 is 0 Å². The zero-order valence-electron chi connectivity index (χ0n) is 26.1. The number of rotatable bonds is 8. The molecule has 0 bridgehead atoms. The first-order chi connectivity index (χ1) is 20.6. The summed E-state index contributed by atoms with van der Waals surface area (Å²) < 4.78 is 27.8. The van der Waals surface area contributed by atoms with Crippen LogP contribution < -0.4 is 56.1 Å². The van der Waals surface area contributed by atoms with Gasteiger partial charge < -0.3 is 49.7 Å². The molecule has 13 nitrogen and oxygen atoms in total. The Hall–Kier alpha value is -3.59. The Labute approximate surface area is 281 Å². The SMILES string of the molecule is CO[C@@H]1C(OC(N)=O)[C@H](O)C(Oc2ccc3c(O)c(NC(=O)c4ccc([O-])c(CC=C(C)C)c4)c(=O)oc3c2C)OC1(C)C.[Na+]. The van der Waals surface area contributed by atoms with E-state index < -0.39 is 59.3 Å². The van der Waals surface area contributed by atoms with Crippen molar-refractivity contribution >= 4 is 28.7 Å². The van der Waals surface area contributed by atoms with E-state index in [1.54, 1.807) is 20.8 Å². The molecular weight excluding hydrogens is 599 g/mol. The minimum Gasteiger partial charge on any atom is -0.872 e. The molecule has 2 heterocycles. The van der Waals surface area contributed by atoms with Gasteiger partial charge >= 0.3 is 41.3 Å². The number of aliphatic hydroxyl groups is 1. The molecule has 3 aromatic rings. The minimum absolute atomic E-state index is 0. The zero-order valence-corrected chi connectivity index (χ0v) is 28.1. The summed E-state index contributed by atoms with van der Waals surface area (Å²) in [4.78, 5) is 37.5. The van der Waals surface area contributed by atoms with Gasteiger partial charge in [0.2, 0.25) is 6.29 Å². The van der Waals surface area contributed by atoms with Crippen LogP contribution in [0.15, 0.2) is 51.2 Å². The number of nitrogens with two attached hydrogens (primary N) is 1. The van der Waals surface area contributed by atoms with Crippen molar-refractivity contribution in [2.75, 3.05) is 12.4 Å². The van der Waals surface area contributed by atoms with Crippen LogP contribution in [0.25, 0.3) is 11.0 Å². The molecular formula is C31H35N2NaO11.